The SMILES string of the molecule is C.Cc1cccc(NC(=O)Nc2ccc(-c3c(C(=O)NCC(F)(F)F)cn4ncnc(N)c34)cc2F)n1.OOOSc1ccccc1. The van der Waals surface area contributed by atoms with Gasteiger partial charge >= 0.3 is 12.2 Å². The quantitative estimate of drug-likeness (QED) is 0.0527. The minimum atomic E-state index is -4.64. The zero-order valence-electron chi connectivity index (χ0n) is 23.6. The molecule has 13 nitrogen and oxygen atoms in total. The highest BCUT2D eigenvalue weighted by Gasteiger charge is 2.30. The normalized spacial score (nSPS) is 10.8. The molecule has 2 aromatic carbocycles. The summed E-state index contributed by atoms with van der Waals surface area (Å²) in [5, 5.41) is 21.7. The zero-order chi connectivity index (χ0) is 33.3. The number of hydrogen-bond donors (Lipinski definition) is 5. The van der Waals surface area contributed by atoms with E-state index in [0.717, 1.165) is 33.8 Å². The van der Waals surface area contributed by atoms with Crippen LogP contribution in [0.2, 0.25) is 0 Å². The van der Waals surface area contributed by atoms with Gasteiger partial charge in [0.2, 0.25) is 0 Å². The molecule has 0 saturated heterocycles. The van der Waals surface area contributed by atoms with Crippen molar-refractivity contribution in [2.45, 2.75) is 25.4 Å². The van der Waals surface area contributed by atoms with Crippen LogP contribution in [0.1, 0.15) is 23.5 Å². The number of aryl methyl sites for hydroxylation is 1. The van der Waals surface area contributed by atoms with E-state index in [1.54, 1.807) is 30.4 Å². The number of anilines is 3. The zero-order valence-corrected chi connectivity index (χ0v) is 24.4. The fourth-order valence-electron chi connectivity index (χ4n) is 3.96. The predicted molar refractivity (Wildman–Crippen MR) is 167 cm³/mol. The number of nitrogens with zero attached hydrogens (tertiary/aromatic N) is 4. The Morgan fingerprint density at radius 1 is 1.06 bits per heavy atom. The summed E-state index contributed by atoms with van der Waals surface area (Å²) in [6, 6.07) is 17.1. The van der Waals surface area contributed by atoms with Gasteiger partial charge in [0.15, 0.2) is 5.82 Å². The summed E-state index contributed by atoms with van der Waals surface area (Å²) in [5.41, 5.74) is 6.38. The van der Waals surface area contributed by atoms with Crippen LogP contribution in [0.4, 0.5) is 39.7 Å². The standard InChI is InChI=1S/C22H18F4N8O2.C6H6O3S.CH4/c1-11-3-2-4-16(31-11)33-21(36)32-15-6-5-12(7-14(15)23)17-13(20(35)28-9-22(24,25)26)8-34-18(17)19(27)29-10-30-34;7-8-9-10-6-4-2-1-3-5-6;/h2-8,10H,9H2,1H3,(H,28,35)(H2,27,29,30)(H2,31,32,33,36);1-5,7H;1H4. The van der Waals surface area contributed by atoms with E-state index in [2.05, 4.69) is 35.1 Å². The van der Waals surface area contributed by atoms with Crippen LogP contribution < -0.4 is 21.7 Å². The first kappa shape index (κ1) is 36.2. The van der Waals surface area contributed by atoms with Crippen LogP contribution in [0.15, 0.2) is 84.1 Å². The largest absolute Gasteiger partial charge is 0.405 e. The van der Waals surface area contributed by atoms with Gasteiger partial charge in [-0.2, -0.15) is 18.3 Å². The van der Waals surface area contributed by atoms with Gasteiger partial charge in [0.1, 0.15) is 30.0 Å². The van der Waals surface area contributed by atoms with Crippen molar-refractivity contribution < 1.29 is 41.8 Å². The highest BCUT2D eigenvalue weighted by atomic mass is 32.2. The highest BCUT2D eigenvalue weighted by molar-refractivity contribution is 7.94. The Hall–Kier alpha value is -5.30. The summed E-state index contributed by atoms with van der Waals surface area (Å²) in [6.45, 7) is 0.170. The number of urea groups is 1. The maximum atomic E-state index is 15.0. The van der Waals surface area contributed by atoms with Crippen LogP contribution in [0.25, 0.3) is 16.6 Å². The Kier molecular flexibility index (Phi) is 12.6. The lowest BCUT2D eigenvalue weighted by atomic mass is 10.0. The fraction of sp³-hybridized carbons (Fsp3) is 0.138. The summed E-state index contributed by atoms with van der Waals surface area (Å²) in [7, 11) is 0. The molecule has 47 heavy (non-hydrogen) atoms. The van der Waals surface area contributed by atoms with Crippen molar-refractivity contribution in [2.75, 3.05) is 22.9 Å². The van der Waals surface area contributed by atoms with E-state index in [9.17, 15) is 27.2 Å². The third-order valence-corrected chi connectivity index (χ3v) is 6.43. The molecule has 0 atom stereocenters. The first-order valence-corrected chi connectivity index (χ1v) is 13.7. The fourth-order valence-corrected chi connectivity index (χ4v) is 4.34. The smallest absolute Gasteiger partial charge is 0.382 e. The van der Waals surface area contributed by atoms with E-state index in [1.807, 2.05) is 30.3 Å². The van der Waals surface area contributed by atoms with Gasteiger partial charge in [-0.3, -0.25) is 10.1 Å². The molecule has 0 spiro atoms. The maximum absolute atomic E-state index is 15.0. The van der Waals surface area contributed by atoms with E-state index in [1.165, 1.54) is 18.3 Å². The van der Waals surface area contributed by atoms with Gasteiger partial charge in [-0.05, 0) is 48.9 Å². The summed E-state index contributed by atoms with van der Waals surface area (Å²) in [6.07, 6.45) is -2.37. The topological polar surface area (TPSA) is 178 Å². The molecule has 0 aliphatic rings. The van der Waals surface area contributed by atoms with Crippen LogP contribution in [0, 0.1) is 12.7 Å². The number of alkyl halides is 3. The second-order valence-corrected chi connectivity index (χ2v) is 9.91. The Bertz CT molecular complexity index is 1830. The van der Waals surface area contributed by atoms with Crippen molar-refractivity contribution in [3.63, 3.8) is 0 Å². The molecule has 0 aliphatic heterocycles. The van der Waals surface area contributed by atoms with Crippen molar-refractivity contribution in [3.8, 4) is 11.1 Å². The summed E-state index contributed by atoms with van der Waals surface area (Å²) < 4.78 is 58.2. The van der Waals surface area contributed by atoms with Crippen LogP contribution in [-0.2, 0) is 9.37 Å². The third-order valence-electron chi connectivity index (χ3n) is 5.84. The van der Waals surface area contributed by atoms with E-state index in [4.69, 9.17) is 11.0 Å². The highest BCUT2D eigenvalue weighted by Crippen LogP contribution is 2.34. The number of amides is 3. The molecule has 3 amide bonds. The molecule has 248 valence electrons. The number of hydrogen-bond acceptors (Lipinski definition) is 10. The average Bonchev–Trinajstić information content (AvgIpc) is 3.41. The molecule has 5 aromatic rings. The number of halogens is 4. The number of benzene rings is 2. The number of rotatable bonds is 8. The molecule has 3 aromatic heterocycles. The number of aromatic nitrogens is 4. The minimum absolute atomic E-state index is 0. The molecule has 3 heterocycles. The van der Waals surface area contributed by atoms with Crippen LogP contribution in [0.3, 0.4) is 0 Å². The first-order valence-electron chi connectivity index (χ1n) is 12.9. The molecule has 0 bridgehead atoms. The second-order valence-electron chi connectivity index (χ2n) is 9.13. The van der Waals surface area contributed by atoms with Crippen LogP contribution >= 0.6 is 12.0 Å². The number of nitrogen functional groups attached to an aromatic ring is 1. The van der Waals surface area contributed by atoms with E-state index < -0.39 is 30.5 Å². The Balaban J connectivity index is 0.000000467. The first-order chi connectivity index (χ1) is 21.9. The van der Waals surface area contributed by atoms with Crippen molar-refractivity contribution in [1.29, 1.82) is 0 Å². The molecule has 5 rings (SSSR count). The Morgan fingerprint density at radius 2 is 1.81 bits per heavy atom. The Labute approximate surface area is 269 Å². The molecule has 0 saturated carbocycles. The molecule has 6 N–H and O–H groups in total. The van der Waals surface area contributed by atoms with Crippen molar-refractivity contribution in [2.24, 2.45) is 0 Å². The van der Waals surface area contributed by atoms with Gasteiger partial charge in [0, 0.05) is 22.3 Å². The van der Waals surface area contributed by atoms with Gasteiger partial charge in [-0.25, -0.2) is 28.9 Å². The molecular weight excluding hydrogens is 648 g/mol. The number of fused-ring (bicyclic) bond motifs is 1. The van der Waals surface area contributed by atoms with Gasteiger partial charge in [-0.1, -0.05) is 42.8 Å². The predicted octanol–water partition coefficient (Wildman–Crippen LogP) is 6.51. The number of pyridine rings is 1. The van der Waals surface area contributed by atoms with Crippen molar-refractivity contribution in [3.05, 3.63) is 96.3 Å². The van der Waals surface area contributed by atoms with Crippen LogP contribution in [-0.4, -0.2) is 49.5 Å². The molecule has 0 unspecified atom stereocenters. The van der Waals surface area contributed by atoms with Gasteiger partial charge in [0.25, 0.3) is 5.91 Å². The monoisotopic (exact) mass is 676 g/mol. The van der Waals surface area contributed by atoms with E-state index >= 15 is 0 Å². The molecule has 0 fully saturated rings. The lowest BCUT2D eigenvalue weighted by molar-refractivity contribution is -0.432. The lowest BCUT2D eigenvalue weighted by Crippen LogP contribution is -2.33. The van der Waals surface area contributed by atoms with Gasteiger partial charge in [0.05, 0.1) is 23.3 Å². The van der Waals surface area contributed by atoms with Crippen LogP contribution in [0.5, 0.6) is 0 Å². The second kappa shape index (κ2) is 16.3. The third kappa shape index (κ3) is 10.1. The summed E-state index contributed by atoms with van der Waals surface area (Å²) in [5.74, 6) is -1.77. The molecule has 0 aliphatic carbocycles. The summed E-state index contributed by atoms with van der Waals surface area (Å²) >= 11 is 0.948. The maximum Gasteiger partial charge on any atom is 0.405 e. The summed E-state index contributed by atoms with van der Waals surface area (Å²) in [4.78, 5) is 33.7. The van der Waals surface area contributed by atoms with Crippen molar-refractivity contribution >= 4 is 46.8 Å². The van der Waals surface area contributed by atoms with E-state index in [-0.39, 0.29) is 47.0 Å². The minimum Gasteiger partial charge on any atom is -0.382 e. The number of nitrogens with one attached hydrogen (secondary N) is 3. The molecule has 18 heteroatoms. The van der Waals surface area contributed by atoms with E-state index in [0.29, 0.717) is 5.69 Å². The lowest BCUT2D eigenvalue weighted by Gasteiger charge is -2.11. The van der Waals surface area contributed by atoms with Gasteiger partial charge in [-0.15, -0.1) is 4.33 Å². The number of nitrogens with two attached hydrogens (primary N) is 1. The van der Waals surface area contributed by atoms with Crippen molar-refractivity contribution in [1.82, 2.24) is 24.9 Å². The molecular formula is C29H28F4N8O5S. The number of carbonyl (C=O) groups excluding carboxylic acids is 2. The Morgan fingerprint density at radius 3 is 2.47 bits per heavy atom. The van der Waals surface area contributed by atoms with Gasteiger partial charge < -0.3 is 16.4 Å². The molecule has 0 radical (unpaired) electrons. The number of carbonyl (C=O) groups is 2. The average molecular weight is 677 g/mol.